The molecule has 3 nitrogen and oxygen atoms in total. The van der Waals surface area contributed by atoms with Crippen LogP contribution in [0.4, 0.5) is 0 Å². The Balaban J connectivity index is 2.04. The Labute approximate surface area is 88.7 Å². The summed E-state index contributed by atoms with van der Waals surface area (Å²) in [7, 11) is 1.69. The van der Waals surface area contributed by atoms with E-state index in [0.29, 0.717) is 5.92 Å². The first-order valence-electron chi connectivity index (χ1n) is 5.39. The highest BCUT2D eigenvalue weighted by Gasteiger charge is 2.21. The van der Waals surface area contributed by atoms with Crippen LogP contribution in [0, 0.1) is 0 Å². The second kappa shape index (κ2) is 3.26. The minimum atomic E-state index is 0.691. The van der Waals surface area contributed by atoms with Crippen molar-refractivity contribution in [3.63, 3.8) is 0 Å². The van der Waals surface area contributed by atoms with Crippen molar-refractivity contribution in [2.45, 2.75) is 25.2 Å². The molecule has 0 aromatic carbocycles. The molecule has 1 aliphatic carbocycles. The minimum absolute atomic E-state index is 0.691. The summed E-state index contributed by atoms with van der Waals surface area (Å²) >= 11 is 0. The lowest BCUT2D eigenvalue weighted by atomic mass is 9.83. The molecule has 0 aliphatic heterocycles. The number of ether oxygens (including phenoxy) is 1. The zero-order valence-electron chi connectivity index (χ0n) is 8.81. The van der Waals surface area contributed by atoms with E-state index in [9.17, 15) is 0 Å². The van der Waals surface area contributed by atoms with Gasteiger partial charge in [-0.15, -0.1) is 0 Å². The average molecular weight is 202 g/mol. The Morgan fingerprint density at radius 2 is 2.20 bits per heavy atom. The van der Waals surface area contributed by atoms with Crippen molar-refractivity contribution < 1.29 is 4.74 Å². The van der Waals surface area contributed by atoms with Crippen LogP contribution in [0.15, 0.2) is 24.5 Å². The molecule has 15 heavy (non-hydrogen) atoms. The summed E-state index contributed by atoms with van der Waals surface area (Å²) in [6, 6.07) is 3.95. The van der Waals surface area contributed by atoms with Crippen molar-refractivity contribution in [2.75, 3.05) is 7.11 Å². The van der Waals surface area contributed by atoms with Crippen molar-refractivity contribution in [2.24, 2.45) is 0 Å². The predicted octanol–water partition coefficient (Wildman–Crippen LogP) is 2.61. The first-order chi connectivity index (χ1) is 7.36. The van der Waals surface area contributed by atoms with Crippen LogP contribution < -0.4 is 4.74 Å². The standard InChI is InChI=1S/C12H14N2O/c1-15-10-5-6-12-13-11(8-14(12)7-10)9-3-2-4-9/h5-9H,2-4H2,1H3. The molecule has 2 aromatic rings. The van der Waals surface area contributed by atoms with Gasteiger partial charge >= 0.3 is 0 Å². The molecule has 1 aliphatic rings. The van der Waals surface area contributed by atoms with Gasteiger partial charge in [-0.05, 0) is 25.0 Å². The Morgan fingerprint density at radius 3 is 2.87 bits per heavy atom. The number of rotatable bonds is 2. The summed E-state index contributed by atoms with van der Waals surface area (Å²) in [5, 5.41) is 0. The third-order valence-corrected chi connectivity index (χ3v) is 3.20. The molecule has 78 valence electrons. The molecular weight excluding hydrogens is 188 g/mol. The Hall–Kier alpha value is -1.51. The molecular formula is C12H14N2O. The highest BCUT2D eigenvalue weighted by molar-refractivity contribution is 5.43. The third-order valence-electron chi connectivity index (χ3n) is 3.20. The zero-order chi connectivity index (χ0) is 10.3. The summed E-state index contributed by atoms with van der Waals surface area (Å²) < 4.78 is 7.23. The number of methoxy groups -OCH3 is 1. The predicted molar refractivity (Wildman–Crippen MR) is 58.3 cm³/mol. The van der Waals surface area contributed by atoms with Crippen molar-refractivity contribution in [1.29, 1.82) is 0 Å². The van der Waals surface area contributed by atoms with Gasteiger partial charge in [-0.3, -0.25) is 0 Å². The van der Waals surface area contributed by atoms with Gasteiger partial charge < -0.3 is 9.14 Å². The monoisotopic (exact) mass is 202 g/mol. The summed E-state index contributed by atoms with van der Waals surface area (Å²) in [6.07, 6.45) is 8.04. The summed E-state index contributed by atoms with van der Waals surface area (Å²) in [5.74, 6) is 1.57. The minimum Gasteiger partial charge on any atom is -0.495 e. The fourth-order valence-electron chi connectivity index (χ4n) is 2.01. The maximum absolute atomic E-state index is 5.18. The van der Waals surface area contributed by atoms with E-state index in [-0.39, 0.29) is 0 Å². The van der Waals surface area contributed by atoms with Gasteiger partial charge in [0.25, 0.3) is 0 Å². The summed E-state index contributed by atoms with van der Waals surface area (Å²) in [5.41, 5.74) is 2.24. The Morgan fingerprint density at radius 1 is 1.33 bits per heavy atom. The number of nitrogens with zero attached hydrogens (tertiary/aromatic N) is 2. The Kier molecular flexibility index (Phi) is 1.91. The van der Waals surface area contributed by atoms with E-state index in [1.54, 1.807) is 7.11 Å². The van der Waals surface area contributed by atoms with Crippen LogP contribution in [0.5, 0.6) is 5.75 Å². The largest absolute Gasteiger partial charge is 0.495 e. The molecule has 1 fully saturated rings. The molecule has 3 heteroatoms. The topological polar surface area (TPSA) is 26.5 Å². The van der Waals surface area contributed by atoms with E-state index >= 15 is 0 Å². The molecule has 2 heterocycles. The van der Waals surface area contributed by atoms with Gasteiger partial charge in [-0.1, -0.05) is 6.42 Å². The molecule has 0 atom stereocenters. The van der Waals surface area contributed by atoms with Crippen molar-refractivity contribution in [1.82, 2.24) is 9.38 Å². The second-order valence-electron chi connectivity index (χ2n) is 4.13. The molecule has 0 N–H and O–H groups in total. The molecule has 0 radical (unpaired) electrons. The number of fused-ring (bicyclic) bond motifs is 1. The van der Waals surface area contributed by atoms with Gasteiger partial charge in [0, 0.05) is 12.1 Å². The molecule has 3 rings (SSSR count). The van der Waals surface area contributed by atoms with Gasteiger partial charge in [-0.2, -0.15) is 0 Å². The van der Waals surface area contributed by atoms with E-state index in [0.717, 1.165) is 11.4 Å². The maximum Gasteiger partial charge on any atom is 0.137 e. The lowest BCUT2D eigenvalue weighted by Gasteiger charge is -2.22. The van der Waals surface area contributed by atoms with Gasteiger partial charge in [0.05, 0.1) is 19.0 Å². The summed E-state index contributed by atoms with van der Waals surface area (Å²) in [6.45, 7) is 0. The number of hydrogen-bond donors (Lipinski definition) is 0. The highest BCUT2D eigenvalue weighted by Crippen LogP contribution is 2.35. The summed E-state index contributed by atoms with van der Waals surface area (Å²) in [4.78, 5) is 4.62. The second-order valence-corrected chi connectivity index (χ2v) is 4.13. The van der Waals surface area contributed by atoms with Crippen LogP contribution in [0.1, 0.15) is 30.9 Å². The van der Waals surface area contributed by atoms with E-state index in [4.69, 9.17) is 4.74 Å². The third kappa shape index (κ3) is 1.39. The quantitative estimate of drug-likeness (QED) is 0.748. The fourth-order valence-corrected chi connectivity index (χ4v) is 2.01. The lowest BCUT2D eigenvalue weighted by Crippen LogP contribution is -2.08. The van der Waals surface area contributed by atoms with Crippen molar-refractivity contribution in [3.05, 3.63) is 30.2 Å². The average Bonchev–Trinajstić information content (AvgIpc) is 2.56. The molecule has 0 bridgehead atoms. The zero-order valence-corrected chi connectivity index (χ0v) is 8.81. The number of aromatic nitrogens is 2. The first kappa shape index (κ1) is 8.77. The van der Waals surface area contributed by atoms with Gasteiger partial charge in [-0.25, -0.2) is 4.98 Å². The van der Waals surface area contributed by atoms with Crippen molar-refractivity contribution in [3.8, 4) is 5.75 Å². The Bertz CT molecular complexity index is 485. The normalized spacial score (nSPS) is 16.6. The van der Waals surface area contributed by atoms with Crippen LogP contribution in [-0.2, 0) is 0 Å². The van der Waals surface area contributed by atoms with E-state index in [1.807, 2.05) is 22.7 Å². The van der Waals surface area contributed by atoms with E-state index in [2.05, 4.69) is 11.2 Å². The van der Waals surface area contributed by atoms with Crippen LogP contribution in [0.2, 0.25) is 0 Å². The van der Waals surface area contributed by atoms with Crippen LogP contribution in [-0.4, -0.2) is 16.5 Å². The smallest absolute Gasteiger partial charge is 0.137 e. The van der Waals surface area contributed by atoms with Crippen LogP contribution >= 0.6 is 0 Å². The molecule has 1 saturated carbocycles. The van der Waals surface area contributed by atoms with Gasteiger partial charge in [0.15, 0.2) is 0 Å². The highest BCUT2D eigenvalue weighted by atomic mass is 16.5. The van der Waals surface area contributed by atoms with E-state index in [1.165, 1.54) is 25.0 Å². The van der Waals surface area contributed by atoms with Crippen molar-refractivity contribution >= 4 is 5.65 Å². The number of imidazole rings is 1. The molecule has 0 saturated heterocycles. The van der Waals surface area contributed by atoms with Crippen LogP contribution in [0.3, 0.4) is 0 Å². The van der Waals surface area contributed by atoms with Gasteiger partial charge in [0.1, 0.15) is 11.4 Å². The number of hydrogen-bond acceptors (Lipinski definition) is 2. The molecule has 0 unspecified atom stereocenters. The molecule has 2 aromatic heterocycles. The number of pyridine rings is 1. The maximum atomic E-state index is 5.18. The van der Waals surface area contributed by atoms with E-state index < -0.39 is 0 Å². The molecule has 0 spiro atoms. The SMILES string of the molecule is COc1ccc2nc(C3CCC3)cn2c1. The fraction of sp³-hybridized carbons (Fsp3) is 0.417. The van der Waals surface area contributed by atoms with Crippen LogP contribution in [0.25, 0.3) is 5.65 Å². The molecule has 0 amide bonds. The lowest BCUT2D eigenvalue weighted by molar-refractivity contribution is 0.411. The van der Waals surface area contributed by atoms with Gasteiger partial charge in [0.2, 0.25) is 0 Å². The first-order valence-corrected chi connectivity index (χ1v) is 5.39.